The van der Waals surface area contributed by atoms with Gasteiger partial charge in [-0.05, 0) is 49.7 Å². The van der Waals surface area contributed by atoms with Crippen molar-refractivity contribution in [3.05, 3.63) is 98.0 Å². The van der Waals surface area contributed by atoms with Crippen LogP contribution in [0.25, 0.3) is 22.2 Å². The SMILES string of the molecule is Cc1cc(C)c2nc(-c3ccc(Br)cc3)cc(C(=O)Nc3cccc([N+](=O)[O-])c3)c2c1. The highest BCUT2D eigenvalue weighted by Crippen LogP contribution is 2.29. The van der Waals surface area contributed by atoms with Crippen molar-refractivity contribution in [3.63, 3.8) is 0 Å². The molecular weight excluding hydrogens is 458 g/mol. The minimum absolute atomic E-state index is 0.0837. The molecule has 31 heavy (non-hydrogen) atoms. The summed E-state index contributed by atoms with van der Waals surface area (Å²) in [5.41, 5.74) is 5.03. The Hall–Kier alpha value is -3.58. The van der Waals surface area contributed by atoms with Gasteiger partial charge in [0.15, 0.2) is 0 Å². The van der Waals surface area contributed by atoms with Gasteiger partial charge in [0.1, 0.15) is 0 Å². The first-order valence-corrected chi connectivity index (χ1v) is 10.3. The van der Waals surface area contributed by atoms with Crippen LogP contribution in [0, 0.1) is 24.0 Å². The van der Waals surface area contributed by atoms with E-state index >= 15 is 0 Å². The molecule has 0 aliphatic heterocycles. The minimum Gasteiger partial charge on any atom is -0.322 e. The number of nitro groups is 1. The van der Waals surface area contributed by atoms with E-state index in [9.17, 15) is 14.9 Å². The number of carbonyl (C=O) groups is 1. The number of aryl methyl sites for hydroxylation is 2. The number of non-ortho nitro benzene ring substituents is 1. The van der Waals surface area contributed by atoms with Crippen LogP contribution < -0.4 is 5.32 Å². The number of pyridine rings is 1. The summed E-state index contributed by atoms with van der Waals surface area (Å²) < 4.78 is 0.951. The summed E-state index contributed by atoms with van der Waals surface area (Å²) in [6.45, 7) is 3.94. The molecule has 0 spiro atoms. The largest absolute Gasteiger partial charge is 0.322 e. The monoisotopic (exact) mass is 475 g/mol. The predicted octanol–water partition coefficient (Wildman–Crippen LogP) is 6.44. The third-order valence-corrected chi connectivity index (χ3v) is 5.48. The molecule has 0 bridgehead atoms. The second-order valence-electron chi connectivity index (χ2n) is 7.30. The van der Waals surface area contributed by atoms with Gasteiger partial charge in [0.2, 0.25) is 0 Å². The molecule has 1 amide bonds. The number of carbonyl (C=O) groups excluding carboxylic acids is 1. The summed E-state index contributed by atoms with van der Waals surface area (Å²) in [6, 6.07) is 19.3. The molecule has 0 radical (unpaired) electrons. The Bertz CT molecular complexity index is 1330. The van der Waals surface area contributed by atoms with Crippen LogP contribution in [0.2, 0.25) is 0 Å². The number of amides is 1. The van der Waals surface area contributed by atoms with Crippen molar-refractivity contribution in [1.29, 1.82) is 0 Å². The summed E-state index contributed by atoms with van der Waals surface area (Å²) in [6.07, 6.45) is 0. The molecule has 1 N–H and O–H groups in total. The van der Waals surface area contributed by atoms with Gasteiger partial charge in [-0.2, -0.15) is 0 Å². The van der Waals surface area contributed by atoms with E-state index < -0.39 is 4.92 Å². The van der Waals surface area contributed by atoms with Crippen LogP contribution in [0.1, 0.15) is 21.5 Å². The van der Waals surface area contributed by atoms with Crippen LogP contribution in [0.5, 0.6) is 0 Å². The number of nitrogens with zero attached hydrogens (tertiary/aromatic N) is 2. The third-order valence-electron chi connectivity index (χ3n) is 4.95. The van der Waals surface area contributed by atoms with E-state index in [1.807, 2.05) is 50.2 Å². The molecule has 0 atom stereocenters. The minimum atomic E-state index is -0.490. The Labute approximate surface area is 187 Å². The van der Waals surface area contributed by atoms with Gasteiger partial charge >= 0.3 is 0 Å². The van der Waals surface area contributed by atoms with Gasteiger partial charge in [0.25, 0.3) is 11.6 Å². The highest BCUT2D eigenvalue weighted by molar-refractivity contribution is 9.10. The Morgan fingerprint density at radius 1 is 1.03 bits per heavy atom. The molecule has 0 unspecified atom stereocenters. The lowest BCUT2D eigenvalue weighted by atomic mass is 9.99. The molecule has 3 aromatic carbocycles. The Morgan fingerprint density at radius 2 is 1.77 bits per heavy atom. The summed E-state index contributed by atoms with van der Waals surface area (Å²) in [4.78, 5) is 28.6. The van der Waals surface area contributed by atoms with E-state index in [0.29, 0.717) is 16.9 Å². The fraction of sp³-hybridized carbons (Fsp3) is 0.0833. The fourth-order valence-corrected chi connectivity index (χ4v) is 3.80. The van der Waals surface area contributed by atoms with Crippen molar-refractivity contribution in [2.45, 2.75) is 13.8 Å². The molecule has 0 saturated carbocycles. The van der Waals surface area contributed by atoms with E-state index in [1.165, 1.54) is 12.1 Å². The van der Waals surface area contributed by atoms with Crippen LogP contribution in [0.4, 0.5) is 11.4 Å². The average molecular weight is 476 g/mol. The zero-order valence-corrected chi connectivity index (χ0v) is 18.4. The first-order chi connectivity index (χ1) is 14.8. The molecule has 154 valence electrons. The van der Waals surface area contributed by atoms with Gasteiger partial charge < -0.3 is 5.32 Å². The number of rotatable bonds is 4. The molecule has 0 aliphatic carbocycles. The first-order valence-electron chi connectivity index (χ1n) is 9.55. The zero-order valence-electron chi connectivity index (χ0n) is 16.8. The zero-order chi connectivity index (χ0) is 22.1. The van der Waals surface area contributed by atoms with Crippen molar-refractivity contribution in [2.24, 2.45) is 0 Å². The van der Waals surface area contributed by atoms with Crippen LogP contribution in [0.3, 0.4) is 0 Å². The molecule has 1 aromatic heterocycles. The standard InChI is InChI=1S/C24H18BrN3O3/c1-14-10-15(2)23-20(11-14)21(13-22(27-23)16-6-8-17(25)9-7-16)24(29)26-18-4-3-5-19(12-18)28(30)31/h3-13H,1-2H3,(H,26,29). The molecule has 4 aromatic rings. The van der Waals surface area contributed by atoms with Gasteiger partial charge in [0, 0.05) is 33.2 Å². The fourth-order valence-electron chi connectivity index (χ4n) is 3.53. The first kappa shape index (κ1) is 20.7. The van der Waals surface area contributed by atoms with Crippen LogP contribution in [-0.2, 0) is 0 Å². The summed E-state index contributed by atoms with van der Waals surface area (Å²) in [5.74, 6) is -0.351. The van der Waals surface area contributed by atoms with Gasteiger partial charge in [-0.3, -0.25) is 14.9 Å². The second-order valence-corrected chi connectivity index (χ2v) is 8.22. The summed E-state index contributed by atoms with van der Waals surface area (Å²) >= 11 is 3.44. The topological polar surface area (TPSA) is 85.1 Å². The predicted molar refractivity (Wildman–Crippen MR) is 125 cm³/mol. The molecule has 1 heterocycles. The number of hydrogen-bond acceptors (Lipinski definition) is 4. The van der Waals surface area contributed by atoms with Crippen molar-refractivity contribution >= 4 is 44.1 Å². The maximum atomic E-state index is 13.3. The van der Waals surface area contributed by atoms with Crippen LogP contribution in [0.15, 0.2) is 71.2 Å². The highest BCUT2D eigenvalue weighted by Gasteiger charge is 2.17. The second kappa shape index (κ2) is 8.28. The van der Waals surface area contributed by atoms with E-state index in [-0.39, 0.29) is 11.6 Å². The lowest BCUT2D eigenvalue weighted by Crippen LogP contribution is -2.13. The molecular formula is C24H18BrN3O3. The van der Waals surface area contributed by atoms with Crippen LogP contribution in [-0.4, -0.2) is 15.8 Å². The Morgan fingerprint density at radius 3 is 2.48 bits per heavy atom. The lowest BCUT2D eigenvalue weighted by molar-refractivity contribution is -0.384. The third kappa shape index (κ3) is 4.32. The quantitative estimate of drug-likeness (QED) is 0.271. The molecule has 7 heteroatoms. The smallest absolute Gasteiger partial charge is 0.271 e. The molecule has 0 aliphatic rings. The Balaban J connectivity index is 1.85. The number of nitro benzene ring substituents is 1. The number of fused-ring (bicyclic) bond motifs is 1. The van der Waals surface area contributed by atoms with E-state index in [1.54, 1.807) is 18.2 Å². The van der Waals surface area contributed by atoms with Crippen LogP contribution >= 0.6 is 15.9 Å². The van der Waals surface area contributed by atoms with E-state index in [2.05, 4.69) is 21.2 Å². The number of anilines is 1. The van der Waals surface area contributed by atoms with Gasteiger partial charge in [0.05, 0.1) is 21.7 Å². The number of nitrogens with one attached hydrogen (secondary N) is 1. The molecule has 6 nitrogen and oxygen atoms in total. The summed E-state index contributed by atoms with van der Waals surface area (Å²) in [5, 5.41) is 14.6. The maximum Gasteiger partial charge on any atom is 0.271 e. The highest BCUT2D eigenvalue weighted by atomic mass is 79.9. The maximum absolute atomic E-state index is 13.3. The normalized spacial score (nSPS) is 10.8. The van der Waals surface area contributed by atoms with Crippen molar-refractivity contribution in [3.8, 4) is 11.3 Å². The van der Waals surface area contributed by atoms with Crippen molar-refractivity contribution in [2.75, 3.05) is 5.32 Å². The van der Waals surface area contributed by atoms with Gasteiger partial charge in [-0.1, -0.05) is 45.8 Å². The number of hydrogen-bond donors (Lipinski definition) is 1. The molecule has 4 rings (SSSR count). The van der Waals surface area contributed by atoms with Crippen molar-refractivity contribution in [1.82, 2.24) is 4.98 Å². The number of halogens is 1. The average Bonchev–Trinajstić information content (AvgIpc) is 2.74. The van der Waals surface area contributed by atoms with Gasteiger partial charge in [-0.25, -0.2) is 4.98 Å². The molecule has 0 fully saturated rings. The van der Waals surface area contributed by atoms with Crippen molar-refractivity contribution < 1.29 is 9.72 Å². The molecule has 0 saturated heterocycles. The van der Waals surface area contributed by atoms with E-state index in [4.69, 9.17) is 4.98 Å². The Kier molecular flexibility index (Phi) is 5.52. The number of benzene rings is 3. The number of aromatic nitrogens is 1. The van der Waals surface area contributed by atoms with E-state index in [0.717, 1.165) is 32.1 Å². The van der Waals surface area contributed by atoms with Gasteiger partial charge in [-0.15, -0.1) is 0 Å². The lowest BCUT2D eigenvalue weighted by Gasteiger charge is -2.13. The summed E-state index contributed by atoms with van der Waals surface area (Å²) in [7, 11) is 0.